The van der Waals surface area contributed by atoms with Gasteiger partial charge in [-0.25, -0.2) is 0 Å². The number of aryl methyl sites for hydroxylation is 1. The van der Waals surface area contributed by atoms with E-state index in [0.717, 1.165) is 31.7 Å². The Bertz CT molecular complexity index is 636. The lowest BCUT2D eigenvalue weighted by atomic mass is 9.98. The lowest BCUT2D eigenvalue weighted by Crippen LogP contribution is -2.28. The summed E-state index contributed by atoms with van der Waals surface area (Å²) in [5.74, 6) is 1.59. The molecule has 23 heavy (non-hydrogen) atoms. The molecule has 3 heteroatoms. The van der Waals surface area contributed by atoms with Crippen LogP contribution in [0.1, 0.15) is 29.9 Å². The Morgan fingerprint density at radius 1 is 1.13 bits per heavy atom. The van der Waals surface area contributed by atoms with Crippen LogP contribution in [0.5, 0.6) is 5.75 Å². The van der Waals surface area contributed by atoms with E-state index in [9.17, 15) is 4.79 Å². The minimum Gasteiger partial charge on any atom is -0.497 e. The summed E-state index contributed by atoms with van der Waals surface area (Å²) in [5.41, 5.74) is 2.52. The van der Waals surface area contributed by atoms with E-state index < -0.39 is 0 Å². The van der Waals surface area contributed by atoms with Gasteiger partial charge in [0.05, 0.1) is 7.11 Å². The van der Waals surface area contributed by atoms with Crippen molar-refractivity contribution >= 4 is 5.91 Å². The molecule has 3 rings (SSSR count). The first kappa shape index (κ1) is 15.6. The van der Waals surface area contributed by atoms with Crippen LogP contribution in [-0.2, 0) is 11.2 Å². The minimum atomic E-state index is 0.268. The second-order valence-electron chi connectivity index (χ2n) is 6.08. The van der Waals surface area contributed by atoms with Crippen LogP contribution in [0.25, 0.3) is 0 Å². The molecule has 0 spiro atoms. The SMILES string of the molecule is COc1ccc(C2CCN(C(=O)CCc3ccccc3)C2)cc1. The average Bonchev–Trinajstić information content (AvgIpc) is 3.11. The standard InChI is InChI=1S/C20H23NO2/c1-23-19-10-8-17(9-11-19)18-13-14-21(15-18)20(22)12-7-16-5-3-2-4-6-16/h2-6,8-11,18H,7,12-15H2,1H3. The molecule has 1 unspecified atom stereocenters. The Kier molecular flexibility index (Phi) is 4.96. The molecule has 1 aliphatic heterocycles. The predicted octanol–water partition coefficient (Wildman–Crippen LogP) is 3.64. The number of likely N-dealkylation sites (tertiary alicyclic amines) is 1. The molecule has 1 heterocycles. The van der Waals surface area contributed by atoms with E-state index in [-0.39, 0.29) is 5.91 Å². The number of hydrogen-bond donors (Lipinski definition) is 0. The maximum Gasteiger partial charge on any atom is 0.222 e. The van der Waals surface area contributed by atoms with E-state index in [4.69, 9.17) is 4.74 Å². The Morgan fingerprint density at radius 3 is 2.57 bits per heavy atom. The predicted molar refractivity (Wildman–Crippen MR) is 91.7 cm³/mol. The zero-order chi connectivity index (χ0) is 16.1. The maximum atomic E-state index is 12.4. The summed E-state index contributed by atoms with van der Waals surface area (Å²) in [5, 5.41) is 0. The number of methoxy groups -OCH3 is 1. The molecule has 1 amide bonds. The highest BCUT2D eigenvalue weighted by Crippen LogP contribution is 2.28. The van der Waals surface area contributed by atoms with E-state index in [0.29, 0.717) is 12.3 Å². The van der Waals surface area contributed by atoms with Crippen LogP contribution in [-0.4, -0.2) is 31.0 Å². The van der Waals surface area contributed by atoms with Crippen LogP contribution in [0.4, 0.5) is 0 Å². The summed E-state index contributed by atoms with van der Waals surface area (Å²) in [4.78, 5) is 14.4. The molecule has 1 saturated heterocycles. The van der Waals surface area contributed by atoms with Crippen molar-refractivity contribution in [2.24, 2.45) is 0 Å². The highest BCUT2D eigenvalue weighted by atomic mass is 16.5. The van der Waals surface area contributed by atoms with Gasteiger partial charge < -0.3 is 9.64 Å². The number of ether oxygens (including phenoxy) is 1. The van der Waals surface area contributed by atoms with E-state index in [2.05, 4.69) is 24.3 Å². The van der Waals surface area contributed by atoms with Crippen molar-refractivity contribution in [2.75, 3.05) is 20.2 Å². The summed E-state index contributed by atoms with van der Waals surface area (Å²) in [7, 11) is 1.68. The Morgan fingerprint density at radius 2 is 1.87 bits per heavy atom. The second kappa shape index (κ2) is 7.32. The van der Waals surface area contributed by atoms with E-state index in [1.54, 1.807) is 7.11 Å². The first-order valence-electron chi connectivity index (χ1n) is 8.22. The first-order chi connectivity index (χ1) is 11.3. The summed E-state index contributed by atoms with van der Waals surface area (Å²) in [6, 6.07) is 18.4. The van der Waals surface area contributed by atoms with Gasteiger partial charge in [0.15, 0.2) is 0 Å². The zero-order valence-electron chi connectivity index (χ0n) is 13.6. The highest BCUT2D eigenvalue weighted by molar-refractivity contribution is 5.76. The van der Waals surface area contributed by atoms with E-state index in [1.165, 1.54) is 11.1 Å². The second-order valence-corrected chi connectivity index (χ2v) is 6.08. The van der Waals surface area contributed by atoms with Crippen LogP contribution in [0.2, 0.25) is 0 Å². The van der Waals surface area contributed by atoms with Crippen LogP contribution in [0.3, 0.4) is 0 Å². The van der Waals surface area contributed by atoms with Crippen LogP contribution < -0.4 is 4.74 Å². The van der Waals surface area contributed by atoms with Gasteiger partial charge in [-0.1, -0.05) is 42.5 Å². The number of hydrogen-bond acceptors (Lipinski definition) is 2. The molecule has 0 N–H and O–H groups in total. The molecule has 1 atom stereocenters. The third kappa shape index (κ3) is 3.92. The molecule has 1 aliphatic rings. The molecule has 0 radical (unpaired) electrons. The first-order valence-corrected chi connectivity index (χ1v) is 8.22. The van der Waals surface area contributed by atoms with Gasteiger partial charge >= 0.3 is 0 Å². The fraction of sp³-hybridized carbons (Fsp3) is 0.350. The van der Waals surface area contributed by atoms with Crippen molar-refractivity contribution in [3.63, 3.8) is 0 Å². The van der Waals surface area contributed by atoms with Gasteiger partial charge in [-0.05, 0) is 36.1 Å². The molecular weight excluding hydrogens is 286 g/mol. The van der Waals surface area contributed by atoms with Gasteiger partial charge in [0.25, 0.3) is 0 Å². The van der Waals surface area contributed by atoms with Gasteiger partial charge in [-0.3, -0.25) is 4.79 Å². The fourth-order valence-corrected chi connectivity index (χ4v) is 3.19. The molecule has 3 nitrogen and oxygen atoms in total. The van der Waals surface area contributed by atoms with Crippen molar-refractivity contribution in [3.8, 4) is 5.75 Å². The van der Waals surface area contributed by atoms with Crippen molar-refractivity contribution in [1.29, 1.82) is 0 Å². The zero-order valence-corrected chi connectivity index (χ0v) is 13.6. The topological polar surface area (TPSA) is 29.5 Å². The lowest BCUT2D eigenvalue weighted by molar-refractivity contribution is -0.130. The van der Waals surface area contributed by atoms with Crippen molar-refractivity contribution < 1.29 is 9.53 Å². The molecule has 1 fully saturated rings. The highest BCUT2D eigenvalue weighted by Gasteiger charge is 2.26. The number of amides is 1. The van der Waals surface area contributed by atoms with Gasteiger partial charge in [-0.2, -0.15) is 0 Å². The molecule has 0 aromatic heterocycles. The number of nitrogens with zero attached hydrogens (tertiary/aromatic N) is 1. The number of carbonyl (C=O) groups is 1. The number of rotatable bonds is 5. The summed E-state index contributed by atoms with van der Waals surface area (Å²) < 4.78 is 5.20. The largest absolute Gasteiger partial charge is 0.497 e. The Labute approximate surface area is 137 Å². The molecular formula is C20H23NO2. The molecule has 0 aliphatic carbocycles. The summed E-state index contributed by atoms with van der Waals surface area (Å²) in [6.45, 7) is 1.70. The van der Waals surface area contributed by atoms with Crippen LogP contribution >= 0.6 is 0 Å². The van der Waals surface area contributed by atoms with Crippen molar-refractivity contribution in [3.05, 3.63) is 65.7 Å². The van der Waals surface area contributed by atoms with Gasteiger partial charge in [0, 0.05) is 25.4 Å². The van der Waals surface area contributed by atoms with Crippen LogP contribution in [0, 0.1) is 0 Å². The third-order valence-electron chi connectivity index (χ3n) is 4.60. The number of benzene rings is 2. The van der Waals surface area contributed by atoms with Crippen molar-refractivity contribution in [1.82, 2.24) is 4.90 Å². The normalized spacial score (nSPS) is 17.3. The van der Waals surface area contributed by atoms with Gasteiger partial charge in [0.2, 0.25) is 5.91 Å². The maximum absolute atomic E-state index is 12.4. The Balaban J connectivity index is 1.53. The molecule has 2 aromatic rings. The number of carbonyl (C=O) groups excluding carboxylic acids is 1. The fourth-order valence-electron chi connectivity index (χ4n) is 3.19. The lowest BCUT2D eigenvalue weighted by Gasteiger charge is -2.17. The summed E-state index contributed by atoms with van der Waals surface area (Å²) >= 11 is 0. The molecule has 120 valence electrons. The molecule has 2 aromatic carbocycles. The smallest absolute Gasteiger partial charge is 0.222 e. The van der Waals surface area contributed by atoms with Crippen molar-refractivity contribution in [2.45, 2.75) is 25.2 Å². The quantitative estimate of drug-likeness (QED) is 0.844. The Hall–Kier alpha value is -2.29. The minimum absolute atomic E-state index is 0.268. The van der Waals surface area contributed by atoms with E-state index >= 15 is 0 Å². The van der Waals surface area contributed by atoms with Crippen LogP contribution in [0.15, 0.2) is 54.6 Å². The van der Waals surface area contributed by atoms with E-state index in [1.807, 2.05) is 35.2 Å². The average molecular weight is 309 g/mol. The molecule has 0 saturated carbocycles. The summed E-state index contributed by atoms with van der Waals surface area (Å²) in [6.07, 6.45) is 2.46. The molecule has 0 bridgehead atoms. The monoisotopic (exact) mass is 309 g/mol. The third-order valence-corrected chi connectivity index (χ3v) is 4.60. The van der Waals surface area contributed by atoms with Gasteiger partial charge in [-0.15, -0.1) is 0 Å². The van der Waals surface area contributed by atoms with Gasteiger partial charge in [0.1, 0.15) is 5.75 Å².